The van der Waals surface area contributed by atoms with Gasteiger partial charge < -0.3 is 0 Å². The monoisotopic (exact) mass is 178 g/mol. The molecule has 10 heavy (non-hydrogen) atoms. The lowest BCUT2D eigenvalue weighted by atomic mass is 10.2. The van der Waals surface area contributed by atoms with Crippen LogP contribution in [0.15, 0.2) is 11.1 Å². The van der Waals surface area contributed by atoms with E-state index in [0.717, 1.165) is 23.8 Å². The predicted molar refractivity (Wildman–Crippen MR) is 46.6 cm³/mol. The van der Waals surface area contributed by atoms with Crippen molar-refractivity contribution in [3.05, 3.63) is 11.1 Å². The molecule has 0 aliphatic heterocycles. The fourth-order valence-electron chi connectivity index (χ4n) is 0.892. The molecule has 1 aliphatic rings. The summed E-state index contributed by atoms with van der Waals surface area (Å²) in [5.74, 6) is 1.57. The Morgan fingerprint density at radius 2 is 2.20 bits per heavy atom. The van der Waals surface area contributed by atoms with E-state index >= 15 is 0 Å². The molecule has 0 aromatic rings. The highest BCUT2D eigenvalue weighted by Gasteiger charge is 2.21. The predicted octanol–water partition coefficient (Wildman–Crippen LogP) is 3.54. The zero-order valence-corrected chi connectivity index (χ0v) is 7.46. The van der Waals surface area contributed by atoms with Crippen molar-refractivity contribution in [2.24, 2.45) is 5.92 Å². The van der Waals surface area contributed by atoms with E-state index in [1.54, 1.807) is 0 Å². The summed E-state index contributed by atoms with van der Waals surface area (Å²) in [4.78, 5) is 0. The van der Waals surface area contributed by atoms with Crippen molar-refractivity contribution < 1.29 is 0 Å². The SMILES string of the molecule is ClCC/C=C(/Cl)CC1CC1. The fourth-order valence-corrected chi connectivity index (χ4v) is 1.33. The second kappa shape index (κ2) is 4.25. The lowest BCUT2D eigenvalue weighted by molar-refractivity contribution is 0.847. The van der Waals surface area contributed by atoms with Gasteiger partial charge in [0.05, 0.1) is 0 Å². The lowest BCUT2D eigenvalue weighted by Crippen LogP contribution is -1.77. The summed E-state index contributed by atoms with van der Waals surface area (Å²) in [5.41, 5.74) is 0. The van der Waals surface area contributed by atoms with E-state index < -0.39 is 0 Å². The van der Waals surface area contributed by atoms with Crippen LogP contribution >= 0.6 is 23.2 Å². The molecule has 0 N–H and O–H groups in total. The van der Waals surface area contributed by atoms with E-state index in [4.69, 9.17) is 23.2 Å². The van der Waals surface area contributed by atoms with Crippen LogP contribution in [0.2, 0.25) is 0 Å². The van der Waals surface area contributed by atoms with Crippen molar-refractivity contribution in [3.63, 3.8) is 0 Å². The molecule has 0 unspecified atom stereocenters. The summed E-state index contributed by atoms with van der Waals surface area (Å²) in [7, 11) is 0. The highest BCUT2D eigenvalue weighted by Crippen LogP contribution is 2.36. The second-order valence-electron chi connectivity index (χ2n) is 2.78. The van der Waals surface area contributed by atoms with Crippen LogP contribution in [-0.4, -0.2) is 5.88 Å². The molecule has 1 saturated carbocycles. The van der Waals surface area contributed by atoms with Crippen LogP contribution in [0.4, 0.5) is 0 Å². The second-order valence-corrected chi connectivity index (χ2v) is 3.64. The zero-order valence-electron chi connectivity index (χ0n) is 5.95. The van der Waals surface area contributed by atoms with Crippen molar-refractivity contribution in [2.75, 3.05) is 5.88 Å². The summed E-state index contributed by atoms with van der Waals surface area (Å²) in [6.45, 7) is 0. The normalized spacial score (nSPS) is 19.6. The first kappa shape index (κ1) is 8.42. The molecule has 0 nitrogen and oxygen atoms in total. The number of hydrogen-bond donors (Lipinski definition) is 0. The van der Waals surface area contributed by atoms with Crippen LogP contribution in [0.3, 0.4) is 0 Å². The molecule has 0 bridgehead atoms. The number of alkyl halides is 1. The maximum atomic E-state index is 5.90. The summed E-state index contributed by atoms with van der Waals surface area (Å²) < 4.78 is 0. The van der Waals surface area contributed by atoms with Crippen LogP contribution < -0.4 is 0 Å². The van der Waals surface area contributed by atoms with Crippen molar-refractivity contribution in [1.29, 1.82) is 0 Å². The van der Waals surface area contributed by atoms with Crippen LogP contribution in [0.1, 0.15) is 25.7 Å². The molecule has 0 radical (unpaired) electrons. The Morgan fingerprint density at radius 3 is 2.70 bits per heavy atom. The smallest absolute Gasteiger partial charge is 0.0258 e. The lowest BCUT2D eigenvalue weighted by Gasteiger charge is -1.93. The highest BCUT2D eigenvalue weighted by molar-refractivity contribution is 6.29. The first-order valence-corrected chi connectivity index (χ1v) is 4.64. The molecule has 0 saturated heterocycles. The summed E-state index contributed by atoms with van der Waals surface area (Å²) >= 11 is 11.4. The minimum Gasteiger partial charge on any atom is -0.126 e. The van der Waals surface area contributed by atoms with Gasteiger partial charge in [0.2, 0.25) is 0 Å². The molecule has 0 aromatic heterocycles. The third kappa shape index (κ3) is 3.48. The Kier molecular flexibility index (Phi) is 3.58. The van der Waals surface area contributed by atoms with Gasteiger partial charge in [0.1, 0.15) is 0 Å². The average Bonchev–Trinajstić information content (AvgIpc) is 2.67. The molecular weight excluding hydrogens is 167 g/mol. The molecule has 0 atom stereocenters. The van der Waals surface area contributed by atoms with E-state index in [9.17, 15) is 0 Å². The average molecular weight is 179 g/mol. The van der Waals surface area contributed by atoms with Crippen molar-refractivity contribution in [3.8, 4) is 0 Å². The van der Waals surface area contributed by atoms with Crippen molar-refractivity contribution >= 4 is 23.2 Å². The van der Waals surface area contributed by atoms with Gasteiger partial charge in [-0.1, -0.05) is 17.7 Å². The van der Waals surface area contributed by atoms with Gasteiger partial charge in [0, 0.05) is 10.9 Å². The minimum absolute atomic E-state index is 0.681. The standard InChI is InChI=1S/C8H12Cl2/c9-5-1-2-8(10)6-7-3-4-7/h2,7H,1,3-6H2/b8-2+. The molecule has 0 amide bonds. The van der Waals surface area contributed by atoms with E-state index in [2.05, 4.69) is 0 Å². The van der Waals surface area contributed by atoms with E-state index in [1.807, 2.05) is 6.08 Å². The molecule has 1 rings (SSSR count). The number of rotatable bonds is 4. The highest BCUT2D eigenvalue weighted by atomic mass is 35.5. The van der Waals surface area contributed by atoms with E-state index in [0.29, 0.717) is 5.88 Å². The third-order valence-electron chi connectivity index (χ3n) is 1.66. The first-order chi connectivity index (χ1) is 4.83. The summed E-state index contributed by atoms with van der Waals surface area (Å²) in [5, 5.41) is 1.00. The Labute approximate surface area is 72.2 Å². The Balaban J connectivity index is 2.11. The number of halogens is 2. The molecule has 0 spiro atoms. The molecule has 0 heterocycles. The van der Waals surface area contributed by atoms with Gasteiger partial charge in [0.15, 0.2) is 0 Å². The van der Waals surface area contributed by atoms with Gasteiger partial charge in [-0.3, -0.25) is 0 Å². The maximum Gasteiger partial charge on any atom is 0.0258 e. The minimum atomic E-state index is 0.681. The zero-order chi connectivity index (χ0) is 7.40. The van der Waals surface area contributed by atoms with E-state index in [1.165, 1.54) is 12.8 Å². The summed E-state index contributed by atoms with van der Waals surface area (Å²) in [6.07, 6.45) is 6.76. The molecule has 2 heteroatoms. The number of allylic oxidation sites excluding steroid dienone is 2. The quantitative estimate of drug-likeness (QED) is 0.579. The fraction of sp³-hybridized carbons (Fsp3) is 0.750. The van der Waals surface area contributed by atoms with Gasteiger partial charge in [-0.2, -0.15) is 0 Å². The van der Waals surface area contributed by atoms with Gasteiger partial charge in [-0.25, -0.2) is 0 Å². The molecule has 0 aromatic carbocycles. The largest absolute Gasteiger partial charge is 0.126 e. The third-order valence-corrected chi connectivity index (χ3v) is 2.18. The van der Waals surface area contributed by atoms with E-state index in [-0.39, 0.29) is 0 Å². The summed E-state index contributed by atoms with van der Waals surface area (Å²) in [6, 6.07) is 0. The maximum absolute atomic E-state index is 5.90. The first-order valence-electron chi connectivity index (χ1n) is 3.73. The number of hydrogen-bond acceptors (Lipinski definition) is 0. The van der Waals surface area contributed by atoms with Gasteiger partial charge in [-0.05, 0) is 31.6 Å². The van der Waals surface area contributed by atoms with Crippen molar-refractivity contribution in [2.45, 2.75) is 25.7 Å². The van der Waals surface area contributed by atoms with Crippen LogP contribution in [0, 0.1) is 5.92 Å². The van der Waals surface area contributed by atoms with Crippen LogP contribution in [0.5, 0.6) is 0 Å². The van der Waals surface area contributed by atoms with Gasteiger partial charge in [-0.15, -0.1) is 11.6 Å². The van der Waals surface area contributed by atoms with Crippen LogP contribution in [-0.2, 0) is 0 Å². The molecule has 1 aliphatic carbocycles. The topological polar surface area (TPSA) is 0 Å². The van der Waals surface area contributed by atoms with Crippen LogP contribution in [0.25, 0.3) is 0 Å². The van der Waals surface area contributed by atoms with Gasteiger partial charge >= 0.3 is 0 Å². The Hall–Kier alpha value is 0.320. The van der Waals surface area contributed by atoms with Crippen molar-refractivity contribution in [1.82, 2.24) is 0 Å². The molecule has 1 fully saturated rings. The Bertz CT molecular complexity index is 125. The van der Waals surface area contributed by atoms with Gasteiger partial charge in [0.25, 0.3) is 0 Å². The molecule has 58 valence electrons. The Morgan fingerprint density at radius 1 is 1.50 bits per heavy atom. The molecular formula is C8H12Cl2.